The van der Waals surface area contributed by atoms with Crippen molar-refractivity contribution < 1.29 is 14.7 Å². The number of amides is 2. The molecule has 5 heteroatoms. The van der Waals surface area contributed by atoms with Gasteiger partial charge in [0.05, 0.1) is 5.60 Å². The van der Waals surface area contributed by atoms with E-state index < -0.39 is 11.5 Å². The van der Waals surface area contributed by atoms with Crippen LogP contribution >= 0.6 is 0 Å². The third kappa shape index (κ3) is 3.24. The van der Waals surface area contributed by atoms with Crippen molar-refractivity contribution in [2.75, 3.05) is 18.0 Å². The highest BCUT2D eigenvalue weighted by atomic mass is 16.3. The number of aryl methyl sites for hydroxylation is 2. The van der Waals surface area contributed by atoms with Gasteiger partial charge in [0.2, 0.25) is 11.8 Å². The van der Waals surface area contributed by atoms with E-state index in [4.69, 9.17) is 0 Å². The van der Waals surface area contributed by atoms with Gasteiger partial charge in [0.1, 0.15) is 5.92 Å². The van der Waals surface area contributed by atoms with Crippen LogP contribution in [0.3, 0.4) is 0 Å². The smallest absolute Gasteiger partial charge is 0.239 e. The maximum absolute atomic E-state index is 12.6. The maximum Gasteiger partial charge on any atom is 0.239 e. The van der Waals surface area contributed by atoms with Crippen molar-refractivity contribution in [3.05, 3.63) is 29.3 Å². The number of hydrogen-bond acceptors (Lipinski definition) is 3. The molecule has 3 rings (SSSR count). The highest BCUT2D eigenvalue weighted by molar-refractivity contribution is 6.09. The highest BCUT2D eigenvalue weighted by Gasteiger charge is 2.40. The van der Waals surface area contributed by atoms with Gasteiger partial charge >= 0.3 is 0 Å². The molecule has 23 heavy (non-hydrogen) atoms. The van der Waals surface area contributed by atoms with Crippen molar-refractivity contribution in [2.24, 2.45) is 5.92 Å². The molecule has 0 bridgehead atoms. The van der Waals surface area contributed by atoms with Crippen LogP contribution in [-0.4, -0.2) is 35.6 Å². The van der Waals surface area contributed by atoms with Crippen LogP contribution in [0.15, 0.2) is 18.2 Å². The molecule has 2 amide bonds. The average Bonchev–Trinajstić information content (AvgIpc) is 2.83. The van der Waals surface area contributed by atoms with Gasteiger partial charge in [-0.25, -0.2) is 0 Å². The minimum Gasteiger partial charge on any atom is -0.388 e. The molecule has 1 heterocycles. The maximum atomic E-state index is 12.6. The molecule has 1 aromatic rings. The topological polar surface area (TPSA) is 69.6 Å². The van der Waals surface area contributed by atoms with Crippen molar-refractivity contribution >= 4 is 17.5 Å². The van der Waals surface area contributed by atoms with Crippen LogP contribution in [0.4, 0.5) is 5.69 Å². The Hall–Kier alpha value is -1.88. The van der Waals surface area contributed by atoms with Crippen LogP contribution in [-0.2, 0) is 9.59 Å². The Labute approximate surface area is 136 Å². The number of rotatable bonds is 4. The lowest BCUT2D eigenvalue weighted by Crippen LogP contribution is -2.49. The summed E-state index contributed by atoms with van der Waals surface area (Å²) >= 11 is 0. The molecule has 0 aromatic heterocycles. The predicted molar refractivity (Wildman–Crippen MR) is 88.2 cm³/mol. The molecule has 1 aliphatic carbocycles. The van der Waals surface area contributed by atoms with E-state index in [2.05, 4.69) is 11.4 Å². The van der Waals surface area contributed by atoms with Crippen LogP contribution in [0.1, 0.15) is 36.8 Å². The Balaban J connectivity index is 1.65. The molecular weight excluding hydrogens is 292 g/mol. The average molecular weight is 316 g/mol. The van der Waals surface area contributed by atoms with Crippen molar-refractivity contribution in [1.82, 2.24) is 5.32 Å². The van der Waals surface area contributed by atoms with E-state index in [-0.39, 0.29) is 18.4 Å². The number of carbonyl (C=O) groups excluding carboxylic acids is 2. The second-order valence-corrected chi connectivity index (χ2v) is 6.97. The zero-order chi connectivity index (χ0) is 16.6. The van der Waals surface area contributed by atoms with Crippen LogP contribution < -0.4 is 10.2 Å². The quantitative estimate of drug-likeness (QED) is 0.831. The van der Waals surface area contributed by atoms with Gasteiger partial charge in [-0.1, -0.05) is 6.07 Å². The Kier molecular flexibility index (Phi) is 4.15. The molecule has 1 aromatic carbocycles. The van der Waals surface area contributed by atoms with Crippen molar-refractivity contribution in [1.29, 1.82) is 0 Å². The van der Waals surface area contributed by atoms with Crippen LogP contribution in [0.5, 0.6) is 0 Å². The molecule has 1 atom stereocenters. The first-order valence-electron chi connectivity index (χ1n) is 8.28. The third-order valence-electron chi connectivity index (χ3n) is 4.92. The predicted octanol–water partition coefficient (Wildman–Crippen LogP) is 1.69. The molecule has 2 fully saturated rings. The van der Waals surface area contributed by atoms with Gasteiger partial charge in [-0.2, -0.15) is 0 Å². The van der Waals surface area contributed by atoms with Gasteiger partial charge in [-0.15, -0.1) is 0 Å². The van der Waals surface area contributed by atoms with Gasteiger partial charge in [-0.3, -0.25) is 9.59 Å². The molecule has 1 unspecified atom stereocenters. The monoisotopic (exact) mass is 316 g/mol. The van der Waals surface area contributed by atoms with E-state index in [1.807, 2.05) is 26.0 Å². The molecule has 2 aliphatic rings. The largest absolute Gasteiger partial charge is 0.388 e. The number of aliphatic hydroxyl groups is 1. The summed E-state index contributed by atoms with van der Waals surface area (Å²) in [6, 6.07) is 6.01. The Morgan fingerprint density at radius 3 is 2.52 bits per heavy atom. The first-order valence-corrected chi connectivity index (χ1v) is 8.28. The summed E-state index contributed by atoms with van der Waals surface area (Å²) in [4.78, 5) is 26.6. The van der Waals surface area contributed by atoms with Gasteiger partial charge < -0.3 is 15.3 Å². The second-order valence-electron chi connectivity index (χ2n) is 6.97. The number of hydrogen-bond donors (Lipinski definition) is 2. The van der Waals surface area contributed by atoms with Crippen molar-refractivity contribution in [2.45, 2.75) is 45.1 Å². The summed E-state index contributed by atoms with van der Waals surface area (Å²) in [5.41, 5.74) is 2.31. The van der Waals surface area contributed by atoms with Crippen molar-refractivity contribution in [3.8, 4) is 0 Å². The van der Waals surface area contributed by atoms with E-state index >= 15 is 0 Å². The summed E-state index contributed by atoms with van der Waals surface area (Å²) in [6.07, 6.45) is 2.96. The second kappa shape index (κ2) is 5.96. The summed E-state index contributed by atoms with van der Waals surface area (Å²) in [7, 11) is 0. The molecule has 0 radical (unpaired) electrons. The highest BCUT2D eigenvalue weighted by Crippen LogP contribution is 2.31. The molecular formula is C18H24N2O3. The standard InChI is InChI=1S/C18H24N2O3/c1-12-8-13(2)10-14(9-12)20-7-4-15(17(20)22)16(21)19-11-18(23)5-3-6-18/h8-10,15,23H,3-7,11H2,1-2H3,(H,19,21). The molecule has 5 nitrogen and oxygen atoms in total. The summed E-state index contributed by atoms with van der Waals surface area (Å²) in [5, 5.41) is 12.8. The zero-order valence-corrected chi connectivity index (χ0v) is 13.8. The fraction of sp³-hybridized carbons (Fsp3) is 0.556. The molecule has 1 saturated carbocycles. The summed E-state index contributed by atoms with van der Waals surface area (Å²) in [6.45, 7) is 4.81. The first kappa shape index (κ1) is 16.0. The van der Waals surface area contributed by atoms with E-state index in [0.717, 1.165) is 36.1 Å². The lowest BCUT2D eigenvalue weighted by molar-refractivity contribution is -0.133. The number of benzene rings is 1. The molecule has 124 valence electrons. The molecule has 2 N–H and O–H groups in total. The first-order chi connectivity index (χ1) is 10.9. The molecule has 0 spiro atoms. The van der Waals surface area contributed by atoms with E-state index in [9.17, 15) is 14.7 Å². The van der Waals surface area contributed by atoms with E-state index in [1.54, 1.807) is 4.90 Å². The minimum atomic E-state index is -0.759. The van der Waals surface area contributed by atoms with Crippen LogP contribution in [0.25, 0.3) is 0 Å². The van der Waals surface area contributed by atoms with Gasteiger partial charge in [0.25, 0.3) is 0 Å². The van der Waals surface area contributed by atoms with Crippen LogP contribution in [0, 0.1) is 19.8 Å². The normalized spacial score (nSPS) is 22.8. The zero-order valence-electron chi connectivity index (χ0n) is 13.8. The number of nitrogens with one attached hydrogen (secondary N) is 1. The Morgan fingerprint density at radius 1 is 1.30 bits per heavy atom. The summed E-state index contributed by atoms with van der Waals surface area (Å²) < 4.78 is 0. The molecule has 1 saturated heterocycles. The Bertz CT molecular complexity index is 617. The fourth-order valence-electron chi connectivity index (χ4n) is 3.42. The molecule has 1 aliphatic heterocycles. The number of carbonyl (C=O) groups is 2. The summed E-state index contributed by atoms with van der Waals surface area (Å²) in [5.74, 6) is -1.05. The van der Waals surface area contributed by atoms with E-state index in [1.165, 1.54) is 0 Å². The third-order valence-corrected chi connectivity index (χ3v) is 4.92. The minimum absolute atomic E-state index is 0.145. The van der Waals surface area contributed by atoms with E-state index in [0.29, 0.717) is 13.0 Å². The Morgan fingerprint density at radius 2 is 1.96 bits per heavy atom. The number of nitrogens with zero attached hydrogens (tertiary/aromatic N) is 1. The van der Waals surface area contributed by atoms with Crippen molar-refractivity contribution in [3.63, 3.8) is 0 Å². The SMILES string of the molecule is Cc1cc(C)cc(N2CCC(C(=O)NCC3(O)CCC3)C2=O)c1. The lowest BCUT2D eigenvalue weighted by Gasteiger charge is -2.36. The van der Waals surface area contributed by atoms with Gasteiger partial charge in [0, 0.05) is 18.8 Å². The fourth-order valence-corrected chi connectivity index (χ4v) is 3.42. The van der Waals surface area contributed by atoms with Gasteiger partial charge in [0.15, 0.2) is 0 Å². The lowest BCUT2D eigenvalue weighted by atomic mass is 9.80. The van der Waals surface area contributed by atoms with Crippen LogP contribution in [0.2, 0.25) is 0 Å². The van der Waals surface area contributed by atoms with Gasteiger partial charge in [-0.05, 0) is 62.8 Å². The number of anilines is 1.